The minimum Gasteiger partial charge on any atom is -0.261 e. The van der Waals surface area contributed by atoms with E-state index in [9.17, 15) is 8.42 Å². The molecule has 8 heteroatoms. The monoisotopic (exact) mass is 349 g/mol. The van der Waals surface area contributed by atoms with Gasteiger partial charge in [-0.25, -0.2) is 18.4 Å². The van der Waals surface area contributed by atoms with Crippen molar-refractivity contribution < 1.29 is 8.42 Å². The molecule has 3 heterocycles. The Bertz CT molecular complexity index is 844. The van der Waals surface area contributed by atoms with Crippen LogP contribution in [0.1, 0.15) is 50.3 Å². The van der Waals surface area contributed by atoms with Gasteiger partial charge >= 0.3 is 0 Å². The Balaban J connectivity index is 2.05. The van der Waals surface area contributed by atoms with Crippen molar-refractivity contribution in [2.24, 2.45) is 0 Å². The van der Waals surface area contributed by atoms with E-state index in [4.69, 9.17) is 0 Å². The molecule has 0 saturated carbocycles. The highest BCUT2D eigenvalue weighted by Gasteiger charge is 2.34. The molecule has 1 fully saturated rings. The van der Waals surface area contributed by atoms with Gasteiger partial charge in [-0.2, -0.15) is 9.40 Å². The highest BCUT2D eigenvalue weighted by Crippen LogP contribution is 2.34. The molecule has 130 valence electrons. The van der Waals surface area contributed by atoms with Crippen molar-refractivity contribution in [3.8, 4) is 11.4 Å². The molecule has 1 aliphatic rings. The summed E-state index contributed by atoms with van der Waals surface area (Å²) in [7, 11) is -3.25. The van der Waals surface area contributed by atoms with Crippen LogP contribution in [0.3, 0.4) is 0 Å². The zero-order chi connectivity index (χ0) is 17.5. The van der Waals surface area contributed by atoms with Crippen LogP contribution in [0.15, 0.2) is 18.3 Å². The molecule has 0 spiro atoms. The van der Waals surface area contributed by atoms with Crippen LogP contribution >= 0.6 is 0 Å². The second-order valence-electron chi connectivity index (χ2n) is 6.51. The predicted octanol–water partition coefficient (Wildman–Crippen LogP) is 2.33. The molecule has 1 aliphatic heterocycles. The summed E-state index contributed by atoms with van der Waals surface area (Å²) in [5.41, 5.74) is 2.46. The number of hydrogen-bond donors (Lipinski definition) is 0. The second-order valence-corrected chi connectivity index (χ2v) is 8.45. The van der Waals surface area contributed by atoms with E-state index >= 15 is 0 Å². The van der Waals surface area contributed by atoms with Gasteiger partial charge in [0.25, 0.3) is 0 Å². The predicted molar refractivity (Wildman–Crippen MR) is 91.9 cm³/mol. The third-order valence-electron chi connectivity index (χ3n) is 4.25. The largest absolute Gasteiger partial charge is 0.261 e. The molecule has 0 N–H and O–H groups in total. The van der Waals surface area contributed by atoms with Crippen LogP contribution in [0.4, 0.5) is 0 Å². The Morgan fingerprint density at radius 3 is 2.71 bits per heavy atom. The van der Waals surface area contributed by atoms with E-state index in [1.165, 1.54) is 10.6 Å². The molecule has 1 saturated heterocycles. The Labute approximate surface area is 142 Å². The maximum absolute atomic E-state index is 12.0. The summed E-state index contributed by atoms with van der Waals surface area (Å²) in [5, 5.41) is 4.35. The molecular weight excluding hydrogens is 326 g/mol. The molecule has 0 aromatic carbocycles. The van der Waals surface area contributed by atoms with Gasteiger partial charge in [0.15, 0.2) is 0 Å². The average molecular weight is 349 g/mol. The van der Waals surface area contributed by atoms with Crippen molar-refractivity contribution in [3.05, 3.63) is 29.8 Å². The van der Waals surface area contributed by atoms with Gasteiger partial charge in [0, 0.05) is 18.8 Å². The number of hydrogen-bond acceptors (Lipinski definition) is 5. The SMILES string of the molecule is Cc1nc(-c2ccnn2C(C)C)cc([C@@H]2CCCN2S(C)(=O)=O)n1. The molecule has 24 heavy (non-hydrogen) atoms. The summed E-state index contributed by atoms with van der Waals surface area (Å²) in [6.45, 7) is 6.51. The second kappa shape index (κ2) is 6.25. The van der Waals surface area contributed by atoms with E-state index in [-0.39, 0.29) is 12.1 Å². The third-order valence-corrected chi connectivity index (χ3v) is 5.54. The van der Waals surface area contributed by atoms with Gasteiger partial charge in [0.2, 0.25) is 10.0 Å². The fraction of sp³-hybridized carbons (Fsp3) is 0.562. The van der Waals surface area contributed by atoms with E-state index in [0.29, 0.717) is 12.4 Å². The molecule has 0 amide bonds. The molecule has 0 aliphatic carbocycles. The summed E-state index contributed by atoms with van der Waals surface area (Å²) < 4.78 is 27.5. The molecule has 2 aromatic heterocycles. The lowest BCUT2D eigenvalue weighted by molar-refractivity contribution is 0.393. The minimum absolute atomic E-state index is 0.212. The molecule has 2 aromatic rings. The van der Waals surface area contributed by atoms with E-state index in [1.54, 1.807) is 6.20 Å². The first kappa shape index (κ1) is 17.0. The first-order valence-corrected chi connectivity index (χ1v) is 9.98. The fourth-order valence-corrected chi connectivity index (χ4v) is 4.39. The number of nitrogens with zero attached hydrogens (tertiary/aromatic N) is 5. The van der Waals surface area contributed by atoms with E-state index < -0.39 is 10.0 Å². The number of rotatable bonds is 4. The first-order chi connectivity index (χ1) is 11.3. The Morgan fingerprint density at radius 2 is 2.04 bits per heavy atom. The van der Waals surface area contributed by atoms with E-state index in [2.05, 4.69) is 28.9 Å². The lowest BCUT2D eigenvalue weighted by atomic mass is 10.1. The third kappa shape index (κ3) is 3.21. The molecule has 1 atom stereocenters. The lowest BCUT2D eigenvalue weighted by Gasteiger charge is -2.22. The smallest absolute Gasteiger partial charge is 0.211 e. The van der Waals surface area contributed by atoms with Crippen LogP contribution in [0.5, 0.6) is 0 Å². The zero-order valence-corrected chi connectivity index (χ0v) is 15.3. The minimum atomic E-state index is -3.25. The van der Waals surface area contributed by atoms with Crippen molar-refractivity contribution in [1.82, 2.24) is 24.1 Å². The molecular formula is C16H23N5O2S. The van der Waals surface area contributed by atoms with Crippen molar-refractivity contribution in [1.29, 1.82) is 0 Å². The number of sulfonamides is 1. The highest BCUT2D eigenvalue weighted by atomic mass is 32.2. The molecule has 3 rings (SSSR count). The van der Waals surface area contributed by atoms with E-state index in [1.807, 2.05) is 23.7 Å². The fourth-order valence-electron chi connectivity index (χ4n) is 3.25. The van der Waals surface area contributed by atoms with Gasteiger partial charge in [-0.15, -0.1) is 0 Å². The summed E-state index contributed by atoms with van der Waals surface area (Å²) in [6, 6.07) is 3.83. The molecule has 0 unspecified atom stereocenters. The zero-order valence-electron chi connectivity index (χ0n) is 14.5. The van der Waals surface area contributed by atoms with Gasteiger partial charge in [-0.1, -0.05) is 0 Å². The van der Waals surface area contributed by atoms with Crippen LogP contribution in [0.2, 0.25) is 0 Å². The summed E-state index contributed by atoms with van der Waals surface area (Å²) in [4.78, 5) is 9.06. The van der Waals surface area contributed by atoms with Crippen molar-refractivity contribution in [2.75, 3.05) is 12.8 Å². The molecule has 0 bridgehead atoms. The van der Waals surface area contributed by atoms with Crippen LogP contribution in [-0.2, 0) is 10.0 Å². The Morgan fingerprint density at radius 1 is 1.29 bits per heavy atom. The van der Waals surface area contributed by atoms with E-state index in [0.717, 1.165) is 29.9 Å². The Kier molecular flexibility index (Phi) is 4.44. The van der Waals surface area contributed by atoms with Crippen LogP contribution in [-0.4, -0.2) is 45.3 Å². The molecule has 7 nitrogen and oxygen atoms in total. The van der Waals surface area contributed by atoms with Gasteiger partial charge in [0.1, 0.15) is 5.82 Å². The highest BCUT2D eigenvalue weighted by molar-refractivity contribution is 7.88. The Hall–Kier alpha value is -1.80. The maximum Gasteiger partial charge on any atom is 0.211 e. The van der Waals surface area contributed by atoms with Gasteiger partial charge in [0.05, 0.1) is 29.4 Å². The average Bonchev–Trinajstić information content (AvgIpc) is 3.15. The topological polar surface area (TPSA) is 81.0 Å². The summed E-state index contributed by atoms with van der Waals surface area (Å²) >= 11 is 0. The molecule has 0 radical (unpaired) electrons. The van der Waals surface area contributed by atoms with Gasteiger partial charge in [-0.05, 0) is 45.7 Å². The standard InChI is InChI=1S/C16H23N5O2S/c1-11(2)21-16(7-8-17-21)14-10-13(18-12(3)19-14)15-6-5-9-20(15)24(4,22)23/h7-8,10-11,15H,5-6,9H2,1-4H3/t15-/m0/s1. The number of aromatic nitrogens is 4. The van der Waals surface area contributed by atoms with Gasteiger partial charge < -0.3 is 0 Å². The van der Waals surface area contributed by atoms with Crippen LogP contribution in [0.25, 0.3) is 11.4 Å². The quantitative estimate of drug-likeness (QED) is 0.846. The first-order valence-electron chi connectivity index (χ1n) is 8.13. The van der Waals surface area contributed by atoms with Crippen LogP contribution < -0.4 is 0 Å². The van der Waals surface area contributed by atoms with Crippen molar-refractivity contribution >= 4 is 10.0 Å². The van der Waals surface area contributed by atoms with Gasteiger partial charge in [-0.3, -0.25) is 4.68 Å². The van der Waals surface area contributed by atoms with Crippen LogP contribution in [0, 0.1) is 6.92 Å². The lowest BCUT2D eigenvalue weighted by Crippen LogP contribution is -2.30. The normalized spacial score (nSPS) is 19.3. The number of aryl methyl sites for hydroxylation is 1. The van der Waals surface area contributed by atoms with Crippen molar-refractivity contribution in [3.63, 3.8) is 0 Å². The maximum atomic E-state index is 12.0. The summed E-state index contributed by atoms with van der Waals surface area (Å²) in [6.07, 6.45) is 4.64. The summed E-state index contributed by atoms with van der Waals surface area (Å²) in [5.74, 6) is 0.638. The van der Waals surface area contributed by atoms with Crippen molar-refractivity contribution in [2.45, 2.75) is 45.7 Å².